The van der Waals surface area contributed by atoms with Gasteiger partial charge < -0.3 is 0 Å². The molecule has 0 spiro atoms. The first kappa shape index (κ1) is 18.7. The maximum absolute atomic E-state index is 6.63. The van der Waals surface area contributed by atoms with Gasteiger partial charge in [-0.15, -0.1) is 5.14 Å². The minimum atomic E-state index is -0.321. The number of thiocarbonyl (C=S) groups is 1. The van der Waals surface area contributed by atoms with Crippen molar-refractivity contribution in [3.8, 4) is 0 Å². The number of nitrogens with two attached hydrogens (primary N) is 1. The molecule has 1 aromatic carbocycles. The normalized spacial score (nSPS) is 27.2. The molecule has 1 nitrogen and oxygen atoms in total. The van der Waals surface area contributed by atoms with E-state index in [2.05, 4.69) is 38.1 Å². The zero-order chi connectivity index (χ0) is 15.3. The van der Waals surface area contributed by atoms with Gasteiger partial charge in [0.1, 0.15) is 4.20 Å². The maximum Gasteiger partial charge on any atom is 0.226 e. The highest BCUT2D eigenvalue weighted by Crippen LogP contribution is 2.60. The molecule has 8 heteroatoms. The summed E-state index contributed by atoms with van der Waals surface area (Å²) in [4.78, 5) is 0. The molecule has 0 saturated carbocycles. The van der Waals surface area contributed by atoms with Gasteiger partial charge in [-0.25, -0.2) is 0 Å². The van der Waals surface area contributed by atoms with Crippen molar-refractivity contribution in [1.82, 2.24) is 0 Å². The number of benzene rings is 1. The minimum absolute atomic E-state index is 0.185. The summed E-state index contributed by atoms with van der Waals surface area (Å²) in [6.45, 7) is 4.34. The molecule has 2 unspecified atom stereocenters. The predicted molar refractivity (Wildman–Crippen MR) is 114 cm³/mol. The summed E-state index contributed by atoms with van der Waals surface area (Å²) in [6.07, 6.45) is 3.35. The Morgan fingerprint density at radius 1 is 1.19 bits per heavy atom. The minimum Gasteiger partial charge on any atom is -0.138 e. The van der Waals surface area contributed by atoms with Crippen LogP contribution in [0.15, 0.2) is 24.3 Å². The van der Waals surface area contributed by atoms with Crippen LogP contribution in [0.4, 0.5) is 0 Å². The van der Waals surface area contributed by atoms with Crippen molar-refractivity contribution < 1.29 is 0 Å². The van der Waals surface area contributed by atoms with Gasteiger partial charge >= 0.3 is 0 Å². The predicted octanol–water partition coefficient (Wildman–Crippen LogP) is 6.45. The zero-order valence-corrected chi connectivity index (χ0v) is 17.6. The van der Waals surface area contributed by atoms with Gasteiger partial charge in [0.25, 0.3) is 0 Å². The lowest BCUT2D eigenvalue weighted by atomic mass is 9.93. The Morgan fingerprint density at radius 2 is 1.90 bits per heavy atom. The van der Waals surface area contributed by atoms with E-state index < -0.39 is 0 Å². The molecule has 21 heavy (non-hydrogen) atoms. The number of hydrogen-bond acceptors (Lipinski definition) is 7. The van der Waals surface area contributed by atoms with Crippen molar-refractivity contribution in [3.05, 3.63) is 35.4 Å². The molecule has 116 valence electrons. The van der Waals surface area contributed by atoms with E-state index in [1.54, 1.807) is 50.1 Å². The second-order valence-electron chi connectivity index (χ2n) is 4.74. The summed E-state index contributed by atoms with van der Waals surface area (Å²) in [6, 6.07) is 8.78. The number of rotatable bonds is 4. The van der Waals surface area contributed by atoms with Gasteiger partial charge in [0.2, 0.25) is 4.75 Å². The van der Waals surface area contributed by atoms with Crippen LogP contribution in [0.3, 0.4) is 0 Å². The van der Waals surface area contributed by atoms with Gasteiger partial charge in [0.05, 0.1) is 0 Å². The highest BCUT2D eigenvalue weighted by Gasteiger charge is 2.54. The molecule has 1 aliphatic heterocycles. The second kappa shape index (κ2) is 9.01. The largest absolute Gasteiger partial charge is 0.226 e. The average Bonchev–Trinajstić information content (AvgIpc) is 2.48. The second-order valence-corrected chi connectivity index (χ2v) is 15.9. The fourth-order valence-corrected chi connectivity index (χ4v) is 18.0. The van der Waals surface area contributed by atoms with Gasteiger partial charge in [0, 0.05) is 31.6 Å². The van der Waals surface area contributed by atoms with Crippen LogP contribution in [0.5, 0.6) is 0 Å². The molecule has 0 bridgehead atoms. The Morgan fingerprint density at radius 3 is 2.57 bits per heavy atom. The summed E-state index contributed by atoms with van der Waals surface area (Å²) in [5.74, 6) is 0. The van der Waals surface area contributed by atoms with Crippen molar-refractivity contribution in [2.45, 2.75) is 37.9 Å². The van der Waals surface area contributed by atoms with Crippen LogP contribution in [0.1, 0.15) is 37.3 Å². The van der Waals surface area contributed by atoms with Crippen molar-refractivity contribution in [2.24, 2.45) is 5.14 Å². The molecule has 0 aromatic heterocycles. The zero-order valence-electron chi connectivity index (χ0n) is 11.9. The summed E-state index contributed by atoms with van der Waals surface area (Å²) < 4.78 is 0.853. The molecule has 1 saturated heterocycles. The Balaban J connectivity index is 2.45. The lowest BCUT2D eigenvalue weighted by Gasteiger charge is -2.30. The topological polar surface area (TPSA) is 26.0 Å². The highest BCUT2D eigenvalue weighted by atomic mass is 33.9. The number of aryl methyl sites for hydroxylation is 1. The van der Waals surface area contributed by atoms with E-state index in [1.165, 1.54) is 11.1 Å². The molecule has 0 amide bonds. The summed E-state index contributed by atoms with van der Waals surface area (Å²) >= 11 is 5.82. The van der Waals surface area contributed by atoms with E-state index in [1.807, 2.05) is 0 Å². The first-order valence-corrected chi connectivity index (χ1v) is 14.9. The van der Waals surface area contributed by atoms with Gasteiger partial charge in [-0.1, -0.05) is 55.4 Å². The number of unbranched alkanes of at least 4 members (excludes halogenated alkanes) is 1. The van der Waals surface area contributed by atoms with E-state index in [-0.39, 0.29) is 14.9 Å². The lowest BCUT2D eigenvalue weighted by molar-refractivity contribution is 0.654. The first-order valence-electron chi connectivity index (χ1n) is 6.56. The van der Waals surface area contributed by atoms with E-state index in [9.17, 15) is 0 Å². The van der Waals surface area contributed by atoms with Crippen LogP contribution >= 0.6 is 62.3 Å². The van der Waals surface area contributed by atoms with Gasteiger partial charge in [-0.3, -0.25) is 0 Å². The Hall–Kier alpha value is 1.37. The number of hydrogen-bond donors (Lipinski definition) is 1. The third-order valence-electron chi connectivity index (χ3n) is 3.34. The van der Waals surface area contributed by atoms with Gasteiger partial charge in [-0.2, -0.15) is 0 Å². The molecule has 1 fully saturated rings. The third kappa shape index (κ3) is 4.47. The SMILES string of the molecule is CCCCC1(c2ccc(C)cc2)C(=S)SSSSS[S+]1N. The molecule has 2 rings (SSSR count). The van der Waals surface area contributed by atoms with Crippen LogP contribution in [-0.4, -0.2) is 4.20 Å². The quantitative estimate of drug-likeness (QED) is 0.344. The summed E-state index contributed by atoms with van der Waals surface area (Å²) in [5.41, 5.74) is 2.56. The average molecular weight is 413 g/mol. The molecule has 2 N–H and O–H groups in total. The third-order valence-corrected chi connectivity index (χ3v) is 17.2. The van der Waals surface area contributed by atoms with Crippen LogP contribution in [0, 0.1) is 6.92 Å². The maximum atomic E-state index is 6.63. The van der Waals surface area contributed by atoms with Gasteiger partial charge in [-0.05, 0) is 34.0 Å². The summed E-state index contributed by atoms with van der Waals surface area (Å²) in [7, 11) is 8.46. The first-order chi connectivity index (χ1) is 10.1. The fourth-order valence-electron chi connectivity index (χ4n) is 2.13. The van der Waals surface area contributed by atoms with Crippen molar-refractivity contribution in [3.63, 3.8) is 0 Å². The Bertz CT molecular complexity index is 478. The lowest BCUT2D eigenvalue weighted by Crippen LogP contribution is -2.43. The van der Waals surface area contributed by atoms with E-state index in [0.29, 0.717) is 0 Å². The van der Waals surface area contributed by atoms with Crippen LogP contribution in [0.25, 0.3) is 0 Å². The van der Waals surface area contributed by atoms with Crippen molar-refractivity contribution in [1.29, 1.82) is 0 Å². The van der Waals surface area contributed by atoms with E-state index in [0.717, 1.165) is 23.5 Å². The molecule has 2 atom stereocenters. The van der Waals surface area contributed by atoms with E-state index in [4.69, 9.17) is 17.4 Å². The van der Waals surface area contributed by atoms with Crippen LogP contribution in [-0.2, 0) is 14.9 Å². The van der Waals surface area contributed by atoms with Crippen LogP contribution < -0.4 is 5.14 Å². The van der Waals surface area contributed by atoms with Gasteiger partial charge in [0.15, 0.2) is 19.9 Å². The standard InChI is InChI=1S/C13H18NS7/c1-3-4-9-13(11-7-5-10(2)6-8-11)12(15)16-17-18-19-20-21(13)14/h5-8H,3-4,9,14H2,1-2H3/q+1. The fraction of sp³-hybridized carbons (Fsp3) is 0.462. The molecule has 1 aromatic rings. The monoisotopic (exact) mass is 412 g/mol. The molecular weight excluding hydrogens is 395 g/mol. The van der Waals surface area contributed by atoms with Crippen molar-refractivity contribution >= 4 is 76.6 Å². The molecule has 1 heterocycles. The molecular formula is C13H18NS7+. The van der Waals surface area contributed by atoms with E-state index >= 15 is 0 Å². The van der Waals surface area contributed by atoms with Crippen LogP contribution in [0.2, 0.25) is 0 Å². The molecule has 0 aliphatic carbocycles. The molecule has 0 radical (unpaired) electrons. The Labute approximate surface area is 154 Å². The highest BCUT2D eigenvalue weighted by molar-refractivity contribution is 9.42. The molecule has 1 aliphatic rings. The Kier molecular flexibility index (Phi) is 8.03. The van der Waals surface area contributed by atoms with Crippen molar-refractivity contribution in [2.75, 3.05) is 0 Å². The smallest absolute Gasteiger partial charge is 0.138 e. The summed E-state index contributed by atoms with van der Waals surface area (Å²) in [5, 5.41) is 6.63.